The van der Waals surface area contributed by atoms with E-state index in [2.05, 4.69) is 5.32 Å². The van der Waals surface area contributed by atoms with Crippen LogP contribution in [0.2, 0.25) is 0 Å². The van der Waals surface area contributed by atoms with Crippen molar-refractivity contribution in [1.29, 1.82) is 0 Å². The lowest BCUT2D eigenvalue weighted by atomic mass is 9.98. The quantitative estimate of drug-likeness (QED) is 0.175. The van der Waals surface area contributed by atoms with Crippen LogP contribution in [0.15, 0.2) is 42.5 Å². The topological polar surface area (TPSA) is 153 Å². The van der Waals surface area contributed by atoms with E-state index >= 15 is 0 Å². The Balaban J connectivity index is 1.62. The molecule has 1 heterocycles. The number of amides is 2. The van der Waals surface area contributed by atoms with Crippen molar-refractivity contribution in [1.82, 2.24) is 10.2 Å². The second-order valence-corrected chi connectivity index (χ2v) is 11.7. The number of carbonyl (C=O) groups excluding carboxylic acids is 2. The third kappa shape index (κ3) is 7.80. The van der Waals surface area contributed by atoms with Crippen LogP contribution in [-0.2, 0) is 20.6 Å². The first-order chi connectivity index (χ1) is 16.1. The molecule has 1 saturated heterocycles. The van der Waals surface area contributed by atoms with E-state index in [1.807, 2.05) is 42.5 Å². The van der Waals surface area contributed by atoms with Gasteiger partial charge in [-0.1, -0.05) is 42.5 Å². The number of benzene rings is 2. The molecule has 2 aromatic carbocycles. The molecule has 0 bridgehead atoms. The summed E-state index contributed by atoms with van der Waals surface area (Å²) in [6.07, 6.45) is 1.51. The highest BCUT2D eigenvalue weighted by Gasteiger charge is 2.33. The van der Waals surface area contributed by atoms with Gasteiger partial charge in [-0.15, -0.1) is 11.8 Å². The number of thioether (sulfide) groups is 1. The predicted octanol–water partition coefficient (Wildman–Crippen LogP) is 1.78. The third-order valence-corrected chi connectivity index (χ3v) is 8.49. The Bertz CT molecular complexity index is 1050. The molecule has 3 atom stereocenters. The van der Waals surface area contributed by atoms with E-state index in [-0.39, 0.29) is 23.6 Å². The average molecular weight is 510 g/mol. The Labute approximate surface area is 203 Å². The fraction of sp³-hybridized carbons (Fsp3) is 0.478. The summed E-state index contributed by atoms with van der Waals surface area (Å²) in [5.41, 5.74) is 6.20. The lowest BCUT2D eigenvalue weighted by Gasteiger charge is -2.39. The van der Waals surface area contributed by atoms with Crippen LogP contribution in [0.4, 0.5) is 0 Å². The summed E-state index contributed by atoms with van der Waals surface area (Å²) in [7, 11) is -4.11. The van der Waals surface area contributed by atoms with Crippen LogP contribution < -0.4 is 11.1 Å². The van der Waals surface area contributed by atoms with Crippen LogP contribution in [0.25, 0.3) is 10.8 Å². The summed E-state index contributed by atoms with van der Waals surface area (Å²) in [6.45, 7) is 0.483. The SMILES string of the molecule is NC(=O)[C@H](Cc1ccc2ccccc2c1)NC(O)[C@@H]1CCCCN1C(=O)CCSCP(=O)(O)O. The standard InChI is InChI=1S/C23H32N3O6PS/c24-22(28)19(14-16-8-9-17-5-1-2-6-18(17)13-16)25-23(29)20-7-3-4-11-26(20)21(27)10-12-34-15-33(30,31)32/h1-2,5-6,8-9,13,19-20,23,25,29H,3-4,7,10-12,14-15H2,(H2,24,28)(H2,30,31,32)/t19-,20-,23?/m0/s1. The molecule has 34 heavy (non-hydrogen) atoms. The average Bonchev–Trinajstić information content (AvgIpc) is 2.80. The molecule has 1 fully saturated rings. The second kappa shape index (κ2) is 12.2. The number of aliphatic hydroxyl groups is 1. The number of aliphatic hydroxyl groups excluding tert-OH is 1. The van der Waals surface area contributed by atoms with Crippen molar-refractivity contribution in [3.8, 4) is 0 Å². The molecule has 11 heteroatoms. The van der Waals surface area contributed by atoms with Crippen molar-refractivity contribution in [2.24, 2.45) is 5.73 Å². The van der Waals surface area contributed by atoms with Crippen LogP contribution in [0.3, 0.4) is 0 Å². The minimum atomic E-state index is -4.11. The summed E-state index contributed by atoms with van der Waals surface area (Å²) in [4.78, 5) is 44.4. The van der Waals surface area contributed by atoms with Gasteiger partial charge in [0.05, 0.1) is 17.6 Å². The maximum atomic E-state index is 12.8. The third-order valence-electron chi connectivity index (χ3n) is 5.92. The molecule has 0 spiro atoms. The van der Waals surface area contributed by atoms with Crippen molar-refractivity contribution in [3.05, 3.63) is 48.0 Å². The molecule has 1 unspecified atom stereocenters. The molecule has 9 nitrogen and oxygen atoms in total. The lowest BCUT2D eigenvalue weighted by molar-refractivity contribution is -0.138. The monoisotopic (exact) mass is 509 g/mol. The maximum Gasteiger partial charge on any atom is 0.335 e. The smallest absolute Gasteiger partial charge is 0.335 e. The van der Waals surface area contributed by atoms with Gasteiger partial charge < -0.3 is 25.5 Å². The van der Waals surface area contributed by atoms with Crippen molar-refractivity contribution < 1.29 is 29.0 Å². The number of nitrogens with two attached hydrogens (primary N) is 1. The van der Waals surface area contributed by atoms with E-state index in [9.17, 15) is 19.3 Å². The molecular weight excluding hydrogens is 477 g/mol. The van der Waals surface area contributed by atoms with Crippen molar-refractivity contribution in [2.75, 3.05) is 17.8 Å². The molecule has 0 radical (unpaired) electrons. The Morgan fingerprint density at radius 1 is 1.18 bits per heavy atom. The van der Waals surface area contributed by atoms with Gasteiger partial charge in [0.2, 0.25) is 11.8 Å². The van der Waals surface area contributed by atoms with E-state index in [1.165, 1.54) is 0 Å². The second-order valence-electron chi connectivity index (χ2n) is 8.55. The molecular formula is C23H32N3O6PS. The maximum absolute atomic E-state index is 12.8. The van der Waals surface area contributed by atoms with Gasteiger partial charge in [0.15, 0.2) is 0 Å². The van der Waals surface area contributed by atoms with Crippen molar-refractivity contribution in [3.63, 3.8) is 0 Å². The van der Waals surface area contributed by atoms with Gasteiger partial charge in [0, 0.05) is 18.7 Å². The van der Waals surface area contributed by atoms with Crippen LogP contribution >= 0.6 is 19.4 Å². The number of rotatable bonds is 11. The van der Waals surface area contributed by atoms with Gasteiger partial charge in [-0.2, -0.15) is 0 Å². The minimum absolute atomic E-state index is 0.115. The Hall–Kier alpha value is -1.94. The minimum Gasteiger partial charge on any atom is -0.376 e. The Kier molecular flexibility index (Phi) is 9.53. The number of carbonyl (C=O) groups is 2. The van der Waals surface area contributed by atoms with E-state index in [0.29, 0.717) is 19.4 Å². The van der Waals surface area contributed by atoms with Crippen molar-refractivity contribution in [2.45, 2.75) is 50.4 Å². The number of nitrogens with zero attached hydrogens (tertiary/aromatic N) is 1. The summed E-state index contributed by atoms with van der Waals surface area (Å²) in [6, 6.07) is 12.5. The zero-order valence-corrected chi connectivity index (χ0v) is 20.6. The Morgan fingerprint density at radius 2 is 1.91 bits per heavy atom. The summed E-state index contributed by atoms with van der Waals surface area (Å²) >= 11 is 1.03. The van der Waals surface area contributed by atoms with Gasteiger partial charge in [0.25, 0.3) is 0 Å². The van der Waals surface area contributed by atoms with Gasteiger partial charge in [-0.3, -0.25) is 19.5 Å². The zero-order chi connectivity index (χ0) is 24.7. The van der Waals surface area contributed by atoms with Crippen LogP contribution in [0.5, 0.6) is 0 Å². The largest absolute Gasteiger partial charge is 0.376 e. The number of primary amides is 1. The lowest BCUT2D eigenvalue weighted by Crippen LogP contribution is -2.58. The van der Waals surface area contributed by atoms with Crippen LogP contribution in [0, 0.1) is 0 Å². The molecule has 0 aromatic heterocycles. The van der Waals surface area contributed by atoms with Gasteiger partial charge in [-0.05, 0) is 42.0 Å². The fourth-order valence-electron chi connectivity index (χ4n) is 4.24. The summed E-state index contributed by atoms with van der Waals surface area (Å²) < 4.78 is 11.0. The molecule has 2 amide bonds. The van der Waals surface area contributed by atoms with Crippen LogP contribution in [0.1, 0.15) is 31.2 Å². The molecule has 1 aliphatic rings. The van der Waals surface area contributed by atoms with Gasteiger partial charge in [-0.25, -0.2) is 0 Å². The molecule has 2 aromatic rings. The van der Waals surface area contributed by atoms with E-state index in [0.717, 1.165) is 40.9 Å². The molecule has 1 aliphatic heterocycles. The highest BCUT2D eigenvalue weighted by atomic mass is 32.2. The predicted molar refractivity (Wildman–Crippen MR) is 133 cm³/mol. The van der Waals surface area contributed by atoms with E-state index in [1.54, 1.807) is 4.90 Å². The van der Waals surface area contributed by atoms with Gasteiger partial charge in [0.1, 0.15) is 6.23 Å². The van der Waals surface area contributed by atoms with E-state index in [4.69, 9.17) is 15.5 Å². The fourth-order valence-corrected chi connectivity index (χ4v) is 6.03. The molecule has 0 saturated carbocycles. The van der Waals surface area contributed by atoms with Crippen LogP contribution in [-0.4, -0.2) is 67.7 Å². The number of hydrogen-bond donors (Lipinski definition) is 5. The highest BCUT2D eigenvalue weighted by molar-refractivity contribution is 8.04. The molecule has 3 rings (SSSR count). The zero-order valence-electron chi connectivity index (χ0n) is 18.9. The number of fused-ring (bicyclic) bond motifs is 1. The molecule has 0 aliphatic carbocycles. The Morgan fingerprint density at radius 3 is 2.62 bits per heavy atom. The first-order valence-electron chi connectivity index (χ1n) is 11.3. The molecule has 6 N–H and O–H groups in total. The van der Waals surface area contributed by atoms with Crippen molar-refractivity contribution >= 4 is 41.9 Å². The number of likely N-dealkylation sites (tertiary alicyclic amines) is 1. The van der Waals surface area contributed by atoms with Gasteiger partial charge >= 0.3 is 7.60 Å². The number of nitrogens with one attached hydrogen (secondary N) is 1. The first kappa shape index (κ1) is 26.7. The number of hydrogen-bond acceptors (Lipinski definition) is 6. The molecule has 186 valence electrons. The normalized spacial score (nSPS) is 18.6. The number of piperidine rings is 1. The summed E-state index contributed by atoms with van der Waals surface area (Å²) in [5, 5.41) is 16.0. The van der Waals surface area contributed by atoms with E-state index < -0.39 is 31.8 Å². The highest BCUT2D eigenvalue weighted by Crippen LogP contribution is 2.38. The first-order valence-corrected chi connectivity index (χ1v) is 14.2. The summed E-state index contributed by atoms with van der Waals surface area (Å²) in [5.74, 6) is -0.494.